The van der Waals surface area contributed by atoms with Gasteiger partial charge in [-0.05, 0) is 49.4 Å². The molecule has 0 saturated heterocycles. The Morgan fingerprint density at radius 1 is 1.04 bits per heavy atom. The number of carbonyl (C=O) groups excluding carboxylic acids is 1. The summed E-state index contributed by atoms with van der Waals surface area (Å²) in [4.78, 5) is 21.1. The van der Waals surface area contributed by atoms with Crippen molar-refractivity contribution in [1.82, 2.24) is 9.97 Å². The predicted molar refractivity (Wildman–Crippen MR) is 99.9 cm³/mol. The van der Waals surface area contributed by atoms with Crippen LogP contribution in [0.4, 0.5) is 5.69 Å². The monoisotopic (exact) mass is 349 g/mol. The third-order valence-corrected chi connectivity index (χ3v) is 4.03. The lowest BCUT2D eigenvalue weighted by molar-refractivity contribution is 0.0602. The van der Waals surface area contributed by atoms with Crippen molar-refractivity contribution in [2.45, 2.75) is 6.92 Å². The molecule has 0 saturated carbocycles. The highest BCUT2D eigenvalue weighted by molar-refractivity contribution is 5.99. The van der Waals surface area contributed by atoms with Crippen LogP contribution in [0, 0.1) is 6.92 Å². The third kappa shape index (κ3) is 3.35. The minimum atomic E-state index is -0.513. The van der Waals surface area contributed by atoms with Crippen molar-refractivity contribution in [1.29, 1.82) is 0 Å². The first-order valence-corrected chi connectivity index (χ1v) is 7.99. The molecule has 0 spiro atoms. The van der Waals surface area contributed by atoms with E-state index in [1.807, 2.05) is 43.3 Å². The summed E-state index contributed by atoms with van der Waals surface area (Å²) in [6, 6.07) is 12.8. The summed E-state index contributed by atoms with van der Waals surface area (Å²) in [7, 11) is 2.93. The fourth-order valence-corrected chi connectivity index (χ4v) is 2.57. The van der Waals surface area contributed by atoms with Gasteiger partial charge in [0, 0.05) is 23.0 Å². The van der Waals surface area contributed by atoms with Crippen LogP contribution in [0.2, 0.25) is 0 Å². The SMILES string of the molecule is COC(=O)c1cc(-c2ccc(OC)cc2)nc(-c2ccc(C)nc2)c1N. The van der Waals surface area contributed by atoms with Gasteiger partial charge in [-0.3, -0.25) is 4.98 Å². The highest BCUT2D eigenvalue weighted by atomic mass is 16.5. The van der Waals surface area contributed by atoms with Crippen LogP contribution in [0.25, 0.3) is 22.5 Å². The van der Waals surface area contributed by atoms with Crippen LogP contribution < -0.4 is 10.5 Å². The number of rotatable bonds is 4. The van der Waals surface area contributed by atoms with E-state index in [4.69, 9.17) is 15.2 Å². The zero-order valence-corrected chi connectivity index (χ0v) is 14.8. The molecule has 0 aliphatic carbocycles. The number of pyridine rings is 2. The summed E-state index contributed by atoms with van der Waals surface area (Å²) in [5.74, 6) is 0.223. The van der Waals surface area contributed by atoms with E-state index in [1.165, 1.54) is 7.11 Å². The standard InChI is InChI=1S/C20H19N3O3/c1-12-4-5-14(11-22-12)19-18(21)16(20(24)26-3)10-17(23-19)13-6-8-15(25-2)9-7-13/h4-11H,21H2,1-3H3. The van der Waals surface area contributed by atoms with Gasteiger partial charge in [0.1, 0.15) is 5.75 Å². The Bertz CT molecular complexity index is 936. The molecule has 0 radical (unpaired) electrons. The molecule has 1 aromatic carbocycles. The number of benzene rings is 1. The molecule has 0 atom stereocenters. The van der Waals surface area contributed by atoms with E-state index in [0.29, 0.717) is 11.4 Å². The summed E-state index contributed by atoms with van der Waals surface area (Å²) < 4.78 is 10.1. The molecule has 132 valence electrons. The second kappa shape index (κ2) is 7.23. The van der Waals surface area contributed by atoms with Gasteiger partial charge in [-0.25, -0.2) is 9.78 Å². The molecule has 2 heterocycles. The zero-order valence-electron chi connectivity index (χ0n) is 14.8. The Morgan fingerprint density at radius 2 is 1.73 bits per heavy atom. The molecule has 2 N–H and O–H groups in total. The van der Waals surface area contributed by atoms with Gasteiger partial charge in [0.15, 0.2) is 0 Å². The quantitative estimate of drug-likeness (QED) is 0.726. The first kappa shape index (κ1) is 17.4. The normalized spacial score (nSPS) is 10.4. The smallest absolute Gasteiger partial charge is 0.340 e. The minimum Gasteiger partial charge on any atom is -0.497 e. The predicted octanol–water partition coefficient (Wildman–Crippen LogP) is 3.50. The molecule has 6 nitrogen and oxygen atoms in total. The van der Waals surface area contributed by atoms with E-state index in [0.717, 1.165) is 22.6 Å². The lowest BCUT2D eigenvalue weighted by Crippen LogP contribution is -2.09. The lowest BCUT2D eigenvalue weighted by atomic mass is 10.0. The Hall–Kier alpha value is -3.41. The Morgan fingerprint density at radius 3 is 2.31 bits per heavy atom. The maximum absolute atomic E-state index is 12.2. The Balaban J connectivity index is 2.19. The van der Waals surface area contributed by atoms with Crippen molar-refractivity contribution in [2.75, 3.05) is 20.0 Å². The van der Waals surface area contributed by atoms with Crippen LogP contribution >= 0.6 is 0 Å². The molecule has 6 heteroatoms. The first-order chi connectivity index (χ1) is 12.5. The summed E-state index contributed by atoms with van der Waals surface area (Å²) in [5.41, 5.74) is 10.3. The minimum absolute atomic E-state index is 0.264. The second-order valence-electron chi connectivity index (χ2n) is 5.73. The van der Waals surface area contributed by atoms with E-state index in [1.54, 1.807) is 19.4 Å². The number of aryl methyl sites for hydroxylation is 1. The second-order valence-corrected chi connectivity index (χ2v) is 5.73. The summed E-state index contributed by atoms with van der Waals surface area (Å²) in [6.45, 7) is 1.90. The van der Waals surface area contributed by atoms with Crippen LogP contribution in [0.15, 0.2) is 48.7 Å². The van der Waals surface area contributed by atoms with Gasteiger partial charge in [0.25, 0.3) is 0 Å². The van der Waals surface area contributed by atoms with E-state index in [9.17, 15) is 4.79 Å². The highest BCUT2D eigenvalue weighted by Crippen LogP contribution is 2.32. The van der Waals surface area contributed by atoms with E-state index >= 15 is 0 Å². The van der Waals surface area contributed by atoms with E-state index in [-0.39, 0.29) is 11.3 Å². The topological polar surface area (TPSA) is 87.3 Å². The van der Waals surface area contributed by atoms with Crippen LogP contribution in [0.3, 0.4) is 0 Å². The van der Waals surface area contributed by atoms with Gasteiger partial charge >= 0.3 is 5.97 Å². The van der Waals surface area contributed by atoms with Crippen molar-refractivity contribution >= 4 is 11.7 Å². The molecule has 0 aliphatic heterocycles. The molecule has 2 aromatic heterocycles. The molecule has 0 fully saturated rings. The van der Waals surface area contributed by atoms with E-state index in [2.05, 4.69) is 9.97 Å². The van der Waals surface area contributed by atoms with Crippen LogP contribution in [0.1, 0.15) is 16.1 Å². The zero-order chi connectivity index (χ0) is 18.7. The van der Waals surface area contributed by atoms with Crippen LogP contribution in [-0.4, -0.2) is 30.2 Å². The van der Waals surface area contributed by atoms with Gasteiger partial charge in [-0.1, -0.05) is 0 Å². The number of hydrogen-bond donors (Lipinski definition) is 1. The molecule has 3 rings (SSSR count). The van der Waals surface area contributed by atoms with Crippen molar-refractivity contribution in [3.63, 3.8) is 0 Å². The fourth-order valence-electron chi connectivity index (χ4n) is 2.57. The number of hydrogen-bond acceptors (Lipinski definition) is 6. The average Bonchev–Trinajstić information content (AvgIpc) is 2.68. The average molecular weight is 349 g/mol. The largest absolute Gasteiger partial charge is 0.497 e. The highest BCUT2D eigenvalue weighted by Gasteiger charge is 2.18. The molecular weight excluding hydrogens is 330 g/mol. The third-order valence-electron chi connectivity index (χ3n) is 4.03. The van der Waals surface area contributed by atoms with Gasteiger partial charge in [-0.15, -0.1) is 0 Å². The molecule has 3 aromatic rings. The van der Waals surface area contributed by atoms with Crippen molar-refractivity contribution in [3.05, 3.63) is 59.9 Å². The molecule has 0 amide bonds. The molecular formula is C20H19N3O3. The van der Waals surface area contributed by atoms with Crippen molar-refractivity contribution in [3.8, 4) is 28.3 Å². The van der Waals surface area contributed by atoms with Gasteiger partial charge in [0.2, 0.25) is 0 Å². The number of nitrogens with zero attached hydrogens (tertiary/aromatic N) is 2. The fraction of sp³-hybridized carbons (Fsp3) is 0.150. The number of nitrogen functional groups attached to an aromatic ring is 1. The number of ether oxygens (including phenoxy) is 2. The van der Waals surface area contributed by atoms with Gasteiger partial charge in [0.05, 0.1) is 36.9 Å². The number of nitrogens with two attached hydrogens (primary N) is 1. The summed E-state index contributed by atoms with van der Waals surface area (Å²) in [5, 5.41) is 0. The summed E-state index contributed by atoms with van der Waals surface area (Å²) in [6.07, 6.45) is 1.69. The van der Waals surface area contributed by atoms with Gasteiger partial charge in [-0.2, -0.15) is 0 Å². The number of anilines is 1. The number of aromatic nitrogens is 2. The summed E-state index contributed by atoms with van der Waals surface area (Å²) >= 11 is 0. The Kier molecular flexibility index (Phi) is 4.84. The van der Waals surface area contributed by atoms with Crippen LogP contribution in [0.5, 0.6) is 5.75 Å². The maximum atomic E-state index is 12.2. The number of esters is 1. The molecule has 0 bridgehead atoms. The molecule has 0 aliphatic rings. The lowest BCUT2D eigenvalue weighted by Gasteiger charge is -2.13. The molecule has 26 heavy (non-hydrogen) atoms. The van der Waals surface area contributed by atoms with Crippen molar-refractivity contribution < 1.29 is 14.3 Å². The first-order valence-electron chi connectivity index (χ1n) is 7.99. The Labute approximate surface area is 151 Å². The number of methoxy groups -OCH3 is 2. The van der Waals surface area contributed by atoms with E-state index < -0.39 is 5.97 Å². The molecule has 0 unspecified atom stereocenters. The van der Waals surface area contributed by atoms with Crippen molar-refractivity contribution in [2.24, 2.45) is 0 Å². The van der Waals surface area contributed by atoms with Gasteiger partial charge < -0.3 is 15.2 Å². The number of carbonyl (C=O) groups is 1. The maximum Gasteiger partial charge on any atom is 0.340 e. The van der Waals surface area contributed by atoms with Crippen LogP contribution in [-0.2, 0) is 4.74 Å².